The minimum absolute atomic E-state index is 0.213. The molecule has 0 aromatic carbocycles. The number of hydrogen-bond donors (Lipinski definition) is 1. The lowest BCUT2D eigenvalue weighted by molar-refractivity contribution is -0.148. The van der Waals surface area contributed by atoms with Gasteiger partial charge in [-0.05, 0) is 12.1 Å². The van der Waals surface area contributed by atoms with Crippen LogP contribution in [0.5, 0.6) is 0 Å². The molecule has 1 amide bonds. The number of carbonyl (C=O) groups is 2. The Bertz CT molecular complexity index is 318. The van der Waals surface area contributed by atoms with E-state index < -0.39 is 5.97 Å². The Morgan fingerprint density at radius 2 is 2.33 bits per heavy atom. The van der Waals surface area contributed by atoms with Crippen molar-refractivity contribution in [2.45, 2.75) is 12.8 Å². The summed E-state index contributed by atoms with van der Waals surface area (Å²) in [6, 6.07) is 3.54. The van der Waals surface area contributed by atoms with E-state index in [1.807, 2.05) is 0 Å². The molecule has 0 aliphatic carbocycles. The summed E-state index contributed by atoms with van der Waals surface area (Å²) in [5.41, 5.74) is 0. The third-order valence-corrected chi connectivity index (χ3v) is 1.80. The van der Waals surface area contributed by atoms with Crippen molar-refractivity contribution in [2.24, 2.45) is 0 Å². The molecule has 0 unspecified atom stereocenters. The van der Waals surface area contributed by atoms with Gasteiger partial charge in [0.25, 0.3) is 5.91 Å². The van der Waals surface area contributed by atoms with Gasteiger partial charge in [-0.1, -0.05) is 0 Å². The number of likely N-dealkylation sites (N-methyl/N-ethyl adjacent to an activating group) is 1. The quantitative estimate of drug-likeness (QED) is 0.720. The highest BCUT2D eigenvalue weighted by atomic mass is 16.5. The van der Waals surface area contributed by atoms with Crippen molar-refractivity contribution in [1.29, 1.82) is 0 Å². The van der Waals surface area contributed by atoms with Gasteiger partial charge in [0.1, 0.15) is 5.76 Å². The molecule has 1 heterocycles. The number of carbonyl (C=O) groups excluding carboxylic acids is 2. The molecule has 0 bridgehead atoms. The molecule has 0 aliphatic rings. The second-order valence-corrected chi connectivity index (χ2v) is 2.91. The highest BCUT2D eigenvalue weighted by Gasteiger charge is 2.07. The van der Waals surface area contributed by atoms with E-state index in [1.54, 1.807) is 18.4 Å². The summed E-state index contributed by atoms with van der Waals surface area (Å²) in [5, 5.41) is 2.36. The third-order valence-electron chi connectivity index (χ3n) is 1.80. The van der Waals surface area contributed by atoms with Gasteiger partial charge in [0.05, 0.1) is 12.7 Å². The van der Waals surface area contributed by atoms with E-state index in [9.17, 15) is 9.59 Å². The standard InChI is InChI=1S/C10H13NO4/c1-11-9(12)7-15-10(13)5-4-8-3-2-6-14-8/h2-3,6H,4-5,7H2,1H3,(H,11,12). The van der Waals surface area contributed by atoms with Crippen LogP contribution in [0.3, 0.4) is 0 Å². The fraction of sp³-hybridized carbons (Fsp3) is 0.400. The molecule has 0 radical (unpaired) electrons. The number of amides is 1. The molecule has 0 spiro atoms. The topological polar surface area (TPSA) is 68.5 Å². The van der Waals surface area contributed by atoms with Crippen LogP contribution in [0.4, 0.5) is 0 Å². The molecule has 0 saturated carbocycles. The summed E-state index contributed by atoms with van der Waals surface area (Å²) in [6.45, 7) is -0.229. The molecular formula is C10H13NO4. The normalized spacial score (nSPS) is 9.67. The molecule has 0 fully saturated rings. The van der Waals surface area contributed by atoms with E-state index in [4.69, 9.17) is 9.15 Å². The zero-order chi connectivity index (χ0) is 11.1. The molecule has 5 heteroatoms. The highest BCUT2D eigenvalue weighted by Crippen LogP contribution is 2.04. The van der Waals surface area contributed by atoms with Gasteiger partial charge in [0.15, 0.2) is 6.61 Å². The van der Waals surface area contributed by atoms with Crippen molar-refractivity contribution in [1.82, 2.24) is 5.32 Å². The summed E-state index contributed by atoms with van der Waals surface area (Å²) >= 11 is 0. The lowest BCUT2D eigenvalue weighted by atomic mass is 10.2. The lowest BCUT2D eigenvalue weighted by Gasteiger charge is -2.02. The van der Waals surface area contributed by atoms with Crippen molar-refractivity contribution in [3.05, 3.63) is 24.2 Å². The van der Waals surface area contributed by atoms with E-state index in [0.29, 0.717) is 6.42 Å². The van der Waals surface area contributed by atoms with Crippen molar-refractivity contribution in [2.75, 3.05) is 13.7 Å². The maximum atomic E-state index is 11.1. The van der Waals surface area contributed by atoms with Gasteiger partial charge in [-0.3, -0.25) is 9.59 Å². The van der Waals surface area contributed by atoms with Gasteiger partial charge in [0, 0.05) is 13.5 Å². The number of furan rings is 1. The average molecular weight is 211 g/mol. The van der Waals surface area contributed by atoms with Crippen LogP contribution >= 0.6 is 0 Å². The molecule has 82 valence electrons. The van der Waals surface area contributed by atoms with E-state index in [1.165, 1.54) is 7.05 Å². The summed E-state index contributed by atoms with van der Waals surface area (Å²) in [4.78, 5) is 21.9. The van der Waals surface area contributed by atoms with Crippen LogP contribution in [-0.4, -0.2) is 25.5 Å². The Hall–Kier alpha value is -1.78. The predicted octanol–water partition coefficient (Wildman–Crippen LogP) is 0.501. The maximum Gasteiger partial charge on any atom is 0.306 e. The molecule has 1 aromatic heterocycles. The first kappa shape index (κ1) is 11.3. The first-order valence-corrected chi connectivity index (χ1v) is 4.61. The number of ether oxygens (including phenoxy) is 1. The number of nitrogens with one attached hydrogen (secondary N) is 1. The Morgan fingerprint density at radius 1 is 1.53 bits per heavy atom. The summed E-state index contributed by atoms with van der Waals surface area (Å²) in [5.74, 6) is 0.00300. The molecule has 15 heavy (non-hydrogen) atoms. The van der Waals surface area contributed by atoms with Gasteiger partial charge >= 0.3 is 5.97 Å². The Balaban J connectivity index is 2.16. The van der Waals surface area contributed by atoms with Gasteiger partial charge in [-0.15, -0.1) is 0 Å². The van der Waals surface area contributed by atoms with Crippen molar-refractivity contribution < 1.29 is 18.7 Å². The zero-order valence-electron chi connectivity index (χ0n) is 8.49. The first-order chi connectivity index (χ1) is 7.22. The van der Waals surface area contributed by atoms with Crippen LogP contribution < -0.4 is 5.32 Å². The zero-order valence-corrected chi connectivity index (χ0v) is 8.49. The fourth-order valence-electron chi connectivity index (χ4n) is 0.970. The van der Waals surface area contributed by atoms with E-state index >= 15 is 0 Å². The molecule has 0 saturated heterocycles. The number of rotatable bonds is 5. The van der Waals surface area contributed by atoms with Crippen LogP contribution in [0.25, 0.3) is 0 Å². The van der Waals surface area contributed by atoms with Gasteiger partial charge < -0.3 is 14.5 Å². The van der Waals surface area contributed by atoms with Gasteiger partial charge in [-0.25, -0.2) is 0 Å². The summed E-state index contributed by atoms with van der Waals surface area (Å²) in [7, 11) is 1.49. The molecule has 1 N–H and O–H groups in total. The van der Waals surface area contributed by atoms with Crippen LogP contribution in [0.15, 0.2) is 22.8 Å². The average Bonchev–Trinajstić information content (AvgIpc) is 2.75. The van der Waals surface area contributed by atoms with Crippen LogP contribution in [-0.2, 0) is 20.7 Å². The SMILES string of the molecule is CNC(=O)COC(=O)CCc1ccco1. The lowest BCUT2D eigenvalue weighted by Crippen LogP contribution is -2.25. The van der Waals surface area contributed by atoms with Gasteiger partial charge in [-0.2, -0.15) is 0 Å². The molecule has 0 aliphatic heterocycles. The minimum Gasteiger partial charge on any atom is -0.469 e. The smallest absolute Gasteiger partial charge is 0.306 e. The third kappa shape index (κ3) is 4.30. The van der Waals surface area contributed by atoms with E-state index in [0.717, 1.165) is 5.76 Å². The largest absolute Gasteiger partial charge is 0.469 e. The number of esters is 1. The molecule has 5 nitrogen and oxygen atoms in total. The van der Waals surface area contributed by atoms with Crippen LogP contribution in [0.2, 0.25) is 0 Å². The van der Waals surface area contributed by atoms with Crippen LogP contribution in [0, 0.1) is 0 Å². The van der Waals surface area contributed by atoms with E-state index in [-0.39, 0.29) is 18.9 Å². The fourth-order valence-corrected chi connectivity index (χ4v) is 0.970. The Labute approximate surface area is 87.4 Å². The monoisotopic (exact) mass is 211 g/mol. The first-order valence-electron chi connectivity index (χ1n) is 4.61. The maximum absolute atomic E-state index is 11.1. The van der Waals surface area contributed by atoms with Crippen LogP contribution in [0.1, 0.15) is 12.2 Å². The molecular weight excluding hydrogens is 198 g/mol. The van der Waals surface area contributed by atoms with Crippen molar-refractivity contribution >= 4 is 11.9 Å². The number of aryl methyl sites for hydroxylation is 1. The molecule has 0 atom stereocenters. The Kier molecular flexibility index (Phi) is 4.40. The van der Waals surface area contributed by atoms with E-state index in [2.05, 4.69) is 5.32 Å². The minimum atomic E-state index is -0.407. The second-order valence-electron chi connectivity index (χ2n) is 2.91. The summed E-state index contributed by atoms with van der Waals surface area (Å²) < 4.78 is 9.74. The number of hydrogen-bond acceptors (Lipinski definition) is 4. The van der Waals surface area contributed by atoms with Gasteiger partial charge in [0.2, 0.25) is 0 Å². The summed E-state index contributed by atoms with van der Waals surface area (Å²) in [6.07, 6.45) is 2.25. The highest BCUT2D eigenvalue weighted by molar-refractivity contribution is 5.80. The van der Waals surface area contributed by atoms with Crippen molar-refractivity contribution in [3.63, 3.8) is 0 Å². The molecule has 1 aromatic rings. The molecule has 1 rings (SSSR count). The predicted molar refractivity (Wildman–Crippen MR) is 52.1 cm³/mol. The second kappa shape index (κ2) is 5.85. The van der Waals surface area contributed by atoms with Crippen molar-refractivity contribution in [3.8, 4) is 0 Å². The Morgan fingerprint density at radius 3 is 2.93 bits per heavy atom.